The lowest BCUT2D eigenvalue weighted by molar-refractivity contribution is -0.176. The lowest BCUT2D eigenvalue weighted by Gasteiger charge is -2.20. The highest BCUT2D eigenvalue weighted by molar-refractivity contribution is 7.90. The van der Waals surface area contributed by atoms with Crippen molar-refractivity contribution < 1.29 is 55.3 Å². The number of alkyl halides is 3. The summed E-state index contributed by atoms with van der Waals surface area (Å²) in [6, 6.07) is 4.94. The molecule has 0 radical (unpaired) electrons. The molecule has 0 aliphatic heterocycles. The van der Waals surface area contributed by atoms with Gasteiger partial charge in [0.2, 0.25) is 0 Å². The molecule has 2 aromatic carbocycles. The summed E-state index contributed by atoms with van der Waals surface area (Å²) in [5.74, 6) is -4.67. The van der Waals surface area contributed by atoms with Gasteiger partial charge in [0.05, 0.1) is 33.7 Å². The smallest absolute Gasteiger partial charge is 0.411 e. The lowest BCUT2D eigenvalue weighted by Crippen LogP contribution is -2.35. The zero-order valence-electron chi connectivity index (χ0n) is 21.3. The van der Waals surface area contributed by atoms with Crippen molar-refractivity contribution in [3.05, 3.63) is 56.0 Å². The number of methoxy groups -OCH3 is 1. The van der Waals surface area contributed by atoms with Crippen LogP contribution in [0.25, 0.3) is 0 Å². The van der Waals surface area contributed by atoms with Crippen molar-refractivity contribution in [3.8, 4) is 5.75 Å². The van der Waals surface area contributed by atoms with Crippen LogP contribution >= 0.6 is 34.8 Å². The predicted molar refractivity (Wildman–Crippen MR) is 142 cm³/mol. The van der Waals surface area contributed by atoms with Crippen LogP contribution < -0.4 is 4.74 Å². The first-order valence-corrected chi connectivity index (χ1v) is 14.4. The van der Waals surface area contributed by atoms with E-state index in [-0.39, 0.29) is 45.3 Å². The van der Waals surface area contributed by atoms with Gasteiger partial charge in [-0.1, -0.05) is 34.8 Å². The summed E-state index contributed by atoms with van der Waals surface area (Å²) in [6.07, 6.45) is -3.40. The van der Waals surface area contributed by atoms with Crippen LogP contribution in [-0.4, -0.2) is 63.0 Å². The fourth-order valence-corrected chi connectivity index (χ4v) is 5.59. The average Bonchev–Trinajstić information content (AvgIpc) is 2.84. The van der Waals surface area contributed by atoms with Crippen LogP contribution in [0.1, 0.15) is 45.5 Å². The van der Waals surface area contributed by atoms with Gasteiger partial charge in [0.1, 0.15) is 18.1 Å². The molecule has 41 heavy (non-hydrogen) atoms. The Morgan fingerprint density at radius 1 is 1.02 bits per heavy atom. The van der Waals surface area contributed by atoms with Crippen molar-refractivity contribution in [3.63, 3.8) is 0 Å². The Hall–Kier alpha value is -2.71. The molecule has 0 amide bonds. The summed E-state index contributed by atoms with van der Waals surface area (Å²) < 4.78 is 70.1. The zero-order valence-corrected chi connectivity index (χ0v) is 24.4. The Morgan fingerprint density at radius 3 is 2.05 bits per heavy atom. The molecule has 2 aromatic rings. The van der Waals surface area contributed by atoms with Crippen molar-refractivity contribution in [1.29, 1.82) is 0 Å². The second-order valence-electron chi connectivity index (χ2n) is 8.61. The van der Waals surface area contributed by atoms with Crippen molar-refractivity contribution >= 4 is 68.0 Å². The molecule has 1 aliphatic carbocycles. The summed E-state index contributed by atoms with van der Waals surface area (Å²) in [7, 11) is -2.56. The molecule has 0 atom stereocenters. The van der Waals surface area contributed by atoms with Gasteiger partial charge in [-0.2, -0.15) is 13.2 Å². The number of carbonyl (C=O) groups excluding carboxylic acids is 3. The van der Waals surface area contributed by atoms with Gasteiger partial charge in [-0.25, -0.2) is 13.2 Å². The molecule has 9 nitrogen and oxygen atoms in total. The largest absolute Gasteiger partial charge is 0.494 e. The summed E-state index contributed by atoms with van der Waals surface area (Å²) in [4.78, 5) is 47.0. The summed E-state index contributed by atoms with van der Waals surface area (Å²) in [5.41, 5.74) is -0.764. The van der Waals surface area contributed by atoms with Gasteiger partial charge in [0.15, 0.2) is 32.9 Å². The molecule has 224 valence electrons. The maximum Gasteiger partial charge on any atom is 0.411 e. The van der Waals surface area contributed by atoms with Crippen molar-refractivity contribution in [2.75, 3.05) is 20.0 Å². The van der Waals surface area contributed by atoms with E-state index < -0.39 is 68.4 Å². The van der Waals surface area contributed by atoms with E-state index in [0.717, 1.165) is 18.4 Å². The quantitative estimate of drug-likeness (QED) is 0.281. The Balaban J connectivity index is 0.000000377. The zero-order chi connectivity index (χ0) is 31.3. The van der Waals surface area contributed by atoms with E-state index in [2.05, 4.69) is 4.74 Å². The number of ether oxygens (including phenoxy) is 2. The number of carboxylic acid groups (broad SMARTS) is 1. The molecular formula is C25H22Cl3F3O9S. The average molecular weight is 662 g/mol. The number of ketones is 3. The second-order valence-corrected chi connectivity index (χ2v) is 11.8. The molecule has 16 heteroatoms. The fourth-order valence-electron chi connectivity index (χ4n) is 3.83. The van der Waals surface area contributed by atoms with Crippen LogP contribution in [0.4, 0.5) is 13.2 Å². The molecule has 0 saturated heterocycles. The van der Waals surface area contributed by atoms with Gasteiger partial charge >= 0.3 is 12.1 Å². The van der Waals surface area contributed by atoms with E-state index in [0.29, 0.717) is 6.42 Å². The number of Topliss-reactive ketones (excluding diaryl/α,β-unsaturated/α-hetero) is 3. The molecule has 1 aliphatic rings. The molecule has 0 heterocycles. The maximum atomic E-state index is 12.7. The standard InChI is InChI=1S/C17H16ClF3O6S.C8H6Cl2O3/c1-28(25,26)13-6-5-9(15(18)10(13)7-27-8-17(19,20)21)16(24)14-11(22)3-2-4-12(14)23;1-13-7-5(10)3-2-4(9)6(7)8(11)12/h5-6,14H,2-4,7-8H2,1H3;2-3H,1H3,(H,11,12). The van der Waals surface area contributed by atoms with Crippen molar-refractivity contribution in [2.45, 2.75) is 36.9 Å². The van der Waals surface area contributed by atoms with Gasteiger partial charge in [-0.15, -0.1) is 0 Å². The van der Waals surface area contributed by atoms with Crippen LogP contribution in [0, 0.1) is 5.92 Å². The highest BCUT2D eigenvalue weighted by atomic mass is 35.5. The Bertz CT molecular complexity index is 1460. The lowest BCUT2D eigenvalue weighted by atomic mass is 9.81. The van der Waals surface area contributed by atoms with E-state index in [1.807, 2.05) is 0 Å². The van der Waals surface area contributed by atoms with Crippen LogP contribution in [0.2, 0.25) is 15.1 Å². The molecule has 0 spiro atoms. The predicted octanol–water partition coefficient (Wildman–Crippen LogP) is 5.64. The number of aromatic carboxylic acids is 1. The first-order valence-electron chi connectivity index (χ1n) is 11.4. The third kappa shape index (κ3) is 8.89. The van der Waals surface area contributed by atoms with Crippen LogP contribution in [-0.2, 0) is 30.8 Å². The van der Waals surface area contributed by atoms with Crippen molar-refractivity contribution in [1.82, 2.24) is 0 Å². The molecule has 0 unspecified atom stereocenters. The number of rotatable bonds is 8. The van der Waals surface area contributed by atoms with Gasteiger partial charge in [0.25, 0.3) is 0 Å². The number of sulfone groups is 1. The number of hydrogen-bond acceptors (Lipinski definition) is 8. The number of carbonyl (C=O) groups is 4. The Kier molecular flexibility index (Phi) is 11.8. The topological polar surface area (TPSA) is 141 Å². The molecule has 1 N–H and O–H groups in total. The van der Waals surface area contributed by atoms with Crippen molar-refractivity contribution in [2.24, 2.45) is 5.92 Å². The summed E-state index contributed by atoms with van der Waals surface area (Å²) in [6.45, 7) is -2.47. The monoisotopic (exact) mass is 660 g/mol. The van der Waals surface area contributed by atoms with E-state index >= 15 is 0 Å². The summed E-state index contributed by atoms with van der Waals surface area (Å²) >= 11 is 17.5. The Labute approximate surface area is 247 Å². The number of halogens is 6. The molecule has 0 bridgehead atoms. The minimum absolute atomic E-state index is 0.0444. The third-order valence-corrected chi connectivity index (χ3v) is 7.83. The summed E-state index contributed by atoms with van der Waals surface area (Å²) in [5, 5.41) is 8.65. The minimum Gasteiger partial charge on any atom is -0.494 e. The fraction of sp³-hybridized carbons (Fsp3) is 0.360. The van der Waals surface area contributed by atoms with Gasteiger partial charge in [-0.05, 0) is 30.7 Å². The SMILES string of the molecule is COc1c(Cl)ccc(Cl)c1C(=O)O.CS(=O)(=O)c1ccc(C(=O)C2C(=O)CCCC2=O)c(Cl)c1COCC(F)(F)F. The number of hydrogen-bond donors (Lipinski definition) is 1. The van der Waals surface area contributed by atoms with Gasteiger partial charge in [-0.3, -0.25) is 14.4 Å². The third-order valence-electron chi connectivity index (χ3n) is 5.61. The highest BCUT2D eigenvalue weighted by Crippen LogP contribution is 2.34. The highest BCUT2D eigenvalue weighted by Gasteiger charge is 2.38. The van der Waals surface area contributed by atoms with Crippen LogP contribution in [0.3, 0.4) is 0 Å². The van der Waals surface area contributed by atoms with E-state index in [1.165, 1.54) is 19.2 Å². The maximum absolute atomic E-state index is 12.7. The van der Waals surface area contributed by atoms with E-state index in [1.54, 1.807) is 0 Å². The molecule has 0 aromatic heterocycles. The normalized spacial score (nSPS) is 14.3. The molecule has 1 fully saturated rings. The van der Waals surface area contributed by atoms with Crippen LogP contribution in [0.5, 0.6) is 5.75 Å². The Morgan fingerprint density at radius 2 is 1.59 bits per heavy atom. The molecule has 1 saturated carbocycles. The first kappa shape index (κ1) is 34.5. The second kappa shape index (κ2) is 14.0. The molecule has 3 rings (SSSR count). The number of benzene rings is 2. The van der Waals surface area contributed by atoms with E-state index in [9.17, 15) is 40.8 Å². The first-order chi connectivity index (χ1) is 18.9. The van der Waals surface area contributed by atoms with Crippen LogP contribution in [0.15, 0.2) is 29.2 Å². The number of carboxylic acids is 1. The van der Waals surface area contributed by atoms with Gasteiger partial charge in [0, 0.05) is 30.2 Å². The van der Waals surface area contributed by atoms with E-state index in [4.69, 9.17) is 44.6 Å². The molecular weight excluding hydrogens is 640 g/mol. The minimum atomic E-state index is -4.65. The van der Waals surface area contributed by atoms with Gasteiger partial charge < -0.3 is 14.6 Å².